The van der Waals surface area contributed by atoms with Crippen molar-refractivity contribution in [1.29, 1.82) is 0 Å². The molecule has 0 bridgehead atoms. The number of hydrogen-bond acceptors (Lipinski definition) is 2. The highest BCUT2D eigenvalue weighted by molar-refractivity contribution is 5.87. The lowest BCUT2D eigenvalue weighted by atomic mass is 10.1. The molecule has 0 saturated heterocycles. The summed E-state index contributed by atoms with van der Waals surface area (Å²) in [6.07, 6.45) is 1.30. The average Bonchev–Trinajstić information content (AvgIpc) is 1.96. The molecule has 0 aliphatic carbocycles. The smallest absolute Gasteiger partial charge is 0.248 e. The minimum Gasteiger partial charge on any atom is -0.364 e. The highest BCUT2D eigenvalue weighted by Crippen LogP contribution is 2.13. The van der Waals surface area contributed by atoms with Crippen LogP contribution >= 0.6 is 0 Å². The molecule has 0 atom stereocenters. The average molecular weight is 171 g/mol. The van der Waals surface area contributed by atoms with E-state index in [0.717, 1.165) is 0 Å². The van der Waals surface area contributed by atoms with Gasteiger partial charge in [-0.2, -0.15) is 0 Å². The van der Waals surface area contributed by atoms with Gasteiger partial charge in [0, 0.05) is 12.6 Å². The lowest BCUT2D eigenvalue weighted by Gasteiger charge is -2.33. The van der Waals surface area contributed by atoms with E-state index in [1.807, 2.05) is 20.8 Å². The molecule has 0 spiro atoms. The largest absolute Gasteiger partial charge is 0.364 e. The molecule has 0 radical (unpaired) electrons. The maximum atomic E-state index is 11.3. The Labute approximate surface area is 74.0 Å². The maximum Gasteiger partial charge on any atom is 0.248 e. The Morgan fingerprint density at radius 2 is 2.08 bits per heavy atom. The first-order chi connectivity index (χ1) is 5.43. The molecule has 0 aromatic carbocycles. The first kappa shape index (κ1) is 11.2. The highest BCUT2D eigenvalue weighted by atomic mass is 16.5. The number of ether oxygens (including phenoxy) is 1. The monoisotopic (exact) mass is 171 g/mol. The zero-order chi connectivity index (χ0) is 9.78. The lowest BCUT2D eigenvalue weighted by Crippen LogP contribution is -2.45. The summed E-state index contributed by atoms with van der Waals surface area (Å²) < 4.78 is 4.91. The van der Waals surface area contributed by atoms with E-state index in [0.29, 0.717) is 6.73 Å². The van der Waals surface area contributed by atoms with E-state index in [1.54, 1.807) is 12.0 Å². The number of methoxy groups -OCH3 is 1. The van der Waals surface area contributed by atoms with Crippen molar-refractivity contribution in [2.24, 2.45) is 0 Å². The van der Waals surface area contributed by atoms with E-state index >= 15 is 0 Å². The van der Waals surface area contributed by atoms with Gasteiger partial charge in [-0.15, -0.1) is 0 Å². The number of carbonyl (C=O) groups is 1. The fourth-order valence-electron chi connectivity index (χ4n) is 0.827. The Balaban J connectivity index is 4.43. The molecule has 0 aliphatic heterocycles. The summed E-state index contributed by atoms with van der Waals surface area (Å²) >= 11 is 0. The van der Waals surface area contributed by atoms with Gasteiger partial charge in [0.15, 0.2) is 0 Å². The topological polar surface area (TPSA) is 29.5 Å². The molecule has 0 aliphatic rings. The molecule has 12 heavy (non-hydrogen) atoms. The van der Waals surface area contributed by atoms with Crippen molar-refractivity contribution in [3.05, 3.63) is 12.7 Å². The summed E-state index contributed by atoms with van der Waals surface area (Å²) in [5.41, 5.74) is -0.221. The van der Waals surface area contributed by atoms with Gasteiger partial charge in [-0.25, -0.2) is 0 Å². The second kappa shape index (κ2) is 4.26. The van der Waals surface area contributed by atoms with E-state index in [-0.39, 0.29) is 11.4 Å². The van der Waals surface area contributed by atoms with Crippen LogP contribution < -0.4 is 0 Å². The summed E-state index contributed by atoms with van der Waals surface area (Å²) in [5.74, 6) is -0.107. The molecule has 0 heterocycles. The predicted molar refractivity (Wildman–Crippen MR) is 48.7 cm³/mol. The van der Waals surface area contributed by atoms with E-state index < -0.39 is 0 Å². The predicted octanol–water partition coefficient (Wildman–Crippen LogP) is 1.40. The number of amides is 1. The molecular formula is C9H17NO2. The fourth-order valence-corrected chi connectivity index (χ4v) is 0.827. The molecular weight excluding hydrogens is 154 g/mol. The van der Waals surface area contributed by atoms with Crippen molar-refractivity contribution in [3.63, 3.8) is 0 Å². The Morgan fingerprint density at radius 3 is 2.33 bits per heavy atom. The van der Waals surface area contributed by atoms with Crippen LogP contribution in [0.25, 0.3) is 0 Å². The normalized spacial score (nSPS) is 11.0. The Hall–Kier alpha value is -0.830. The van der Waals surface area contributed by atoms with Gasteiger partial charge in [0.1, 0.15) is 6.73 Å². The Bertz CT molecular complexity index is 170. The van der Waals surface area contributed by atoms with Crippen LogP contribution in [0.5, 0.6) is 0 Å². The van der Waals surface area contributed by atoms with E-state index in [4.69, 9.17) is 4.74 Å². The number of carbonyl (C=O) groups excluding carboxylic acids is 1. The Kier molecular flexibility index (Phi) is 3.96. The number of hydrogen-bond donors (Lipinski definition) is 0. The summed E-state index contributed by atoms with van der Waals surface area (Å²) in [6, 6.07) is 0. The van der Waals surface area contributed by atoms with Gasteiger partial charge in [0.25, 0.3) is 0 Å². The second-order valence-corrected chi connectivity index (χ2v) is 3.56. The summed E-state index contributed by atoms with van der Waals surface area (Å²) in [7, 11) is 1.56. The lowest BCUT2D eigenvalue weighted by molar-refractivity contribution is -0.136. The third-order valence-corrected chi connectivity index (χ3v) is 1.51. The minimum atomic E-state index is -0.221. The van der Waals surface area contributed by atoms with Crippen LogP contribution in [0, 0.1) is 0 Å². The van der Waals surface area contributed by atoms with Crippen molar-refractivity contribution in [3.8, 4) is 0 Å². The molecule has 3 heteroatoms. The number of nitrogens with zero attached hydrogens (tertiary/aromatic N) is 1. The molecule has 0 N–H and O–H groups in total. The Morgan fingerprint density at radius 1 is 1.58 bits per heavy atom. The summed E-state index contributed by atoms with van der Waals surface area (Å²) in [5, 5.41) is 0. The molecule has 70 valence electrons. The van der Waals surface area contributed by atoms with Crippen molar-refractivity contribution >= 4 is 5.91 Å². The van der Waals surface area contributed by atoms with E-state index in [1.165, 1.54) is 6.08 Å². The van der Waals surface area contributed by atoms with Crippen LogP contribution in [0.4, 0.5) is 0 Å². The zero-order valence-electron chi connectivity index (χ0n) is 8.26. The van der Waals surface area contributed by atoms with Crippen LogP contribution in [0.2, 0.25) is 0 Å². The third-order valence-electron chi connectivity index (χ3n) is 1.51. The first-order valence-electron chi connectivity index (χ1n) is 3.86. The maximum absolute atomic E-state index is 11.3. The van der Waals surface area contributed by atoms with E-state index in [2.05, 4.69) is 6.58 Å². The summed E-state index contributed by atoms with van der Waals surface area (Å²) in [6.45, 7) is 9.59. The van der Waals surface area contributed by atoms with Crippen molar-refractivity contribution in [1.82, 2.24) is 4.90 Å². The molecule has 0 aromatic rings. The fraction of sp³-hybridized carbons (Fsp3) is 0.667. The van der Waals surface area contributed by atoms with Gasteiger partial charge in [-0.3, -0.25) is 4.79 Å². The van der Waals surface area contributed by atoms with Gasteiger partial charge in [-0.1, -0.05) is 6.58 Å². The van der Waals surface area contributed by atoms with Gasteiger partial charge in [0.05, 0.1) is 0 Å². The minimum absolute atomic E-state index is 0.107. The van der Waals surface area contributed by atoms with Crippen LogP contribution in [0.1, 0.15) is 20.8 Å². The van der Waals surface area contributed by atoms with Crippen molar-refractivity contribution in [2.45, 2.75) is 26.3 Å². The van der Waals surface area contributed by atoms with E-state index in [9.17, 15) is 4.79 Å². The van der Waals surface area contributed by atoms with Crippen LogP contribution in [-0.2, 0) is 9.53 Å². The van der Waals surface area contributed by atoms with Crippen LogP contribution in [-0.4, -0.2) is 30.2 Å². The molecule has 0 unspecified atom stereocenters. The quantitative estimate of drug-likeness (QED) is 0.474. The summed E-state index contributed by atoms with van der Waals surface area (Å²) in [4.78, 5) is 12.9. The molecule has 0 fully saturated rings. The first-order valence-corrected chi connectivity index (χ1v) is 3.86. The van der Waals surface area contributed by atoms with Gasteiger partial charge >= 0.3 is 0 Å². The van der Waals surface area contributed by atoms with Gasteiger partial charge in [0.2, 0.25) is 5.91 Å². The van der Waals surface area contributed by atoms with Gasteiger partial charge < -0.3 is 9.64 Å². The van der Waals surface area contributed by atoms with Crippen LogP contribution in [0.15, 0.2) is 12.7 Å². The van der Waals surface area contributed by atoms with Gasteiger partial charge in [-0.05, 0) is 26.8 Å². The van der Waals surface area contributed by atoms with Crippen molar-refractivity contribution in [2.75, 3.05) is 13.8 Å². The second-order valence-electron chi connectivity index (χ2n) is 3.56. The molecule has 0 rings (SSSR count). The molecule has 0 aromatic heterocycles. The SMILES string of the molecule is C=CC(=O)N(COC)C(C)(C)C. The van der Waals surface area contributed by atoms with Crippen molar-refractivity contribution < 1.29 is 9.53 Å². The molecule has 1 amide bonds. The number of rotatable bonds is 3. The standard InChI is InChI=1S/C9H17NO2/c1-6-8(11)10(7-12-5)9(2,3)4/h6H,1,7H2,2-5H3. The van der Waals surface area contributed by atoms with Crippen LogP contribution in [0.3, 0.4) is 0 Å². The highest BCUT2D eigenvalue weighted by Gasteiger charge is 2.23. The molecule has 0 saturated carbocycles. The third kappa shape index (κ3) is 3.05. The molecule has 3 nitrogen and oxygen atoms in total. The zero-order valence-corrected chi connectivity index (χ0v) is 8.26.